The molecule has 1 amide bonds. The number of sulfonamides is 1. The van der Waals surface area contributed by atoms with E-state index in [1.807, 2.05) is 0 Å². The Balaban J connectivity index is 1.99. The lowest BCUT2D eigenvalue weighted by Gasteiger charge is -2.32. The molecule has 1 aliphatic heterocycles. The summed E-state index contributed by atoms with van der Waals surface area (Å²) < 4.78 is 29.7. The number of furan rings is 1. The lowest BCUT2D eigenvalue weighted by atomic mass is 10.0. The lowest BCUT2D eigenvalue weighted by molar-refractivity contribution is -0.125. The number of rotatable bonds is 5. The van der Waals surface area contributed by atoms with Crippen molar-refractivity contribution >= 4 is 21.9 Å². The molecule has 0 saturated carbocycles. The highest BCUT2D eigenvalue weighted by Crippen LogP contribution is 2.20. The summed E-state index contributed by atoms with van der Waals surface area (Å²) in [7, 11) is -3.44. The van der Waals surface area contributed by atoms with Crippen molar-refractivity contribution in [2.24, 2.45) is 0 Å². The van der Waals surface area contributed by atoms with Crippen LogP contribution in [0.3, 0.4) is 0 Å². The molecule has 0 radical (unpaired) electrons. The zero-order valence-electron chi connectivity index (χ0n) is 12.1. The fourth-order valence-corrected chi connectivity index (χ4v) is 3.57. The maximum atomic E-state index is 12.2. The van der Waals surface area contributed by atoms with Crippen LogP contribution in [0, 0.1) is 0 Å². The van der Waals surface area contributed by atoms with E-state index < -0.39 is 27.9 Å². The van der Waals surface area contributed by atoms with Gasteiger partial charge in [-0.2, -0.15) is 4.31 Å². The van der Waals surface area contributed by atoms with Crippen molar-refractivity contribution < 1.29 is 27.5 Å². The molecule has 9 heteroatoms. The Morgan fingerprint density at radius 3 is 2.73 bits per heavy atom. The van der Waals surface area contributed by atoms with Crippen molar-refractivity contribution in [3.8, 4) is 0 Å². The number of nitrogens with zero attached hydrogens (tertiary/aromatic N) is 1. The smallest absolute Gasteiger partial charge is 0.371 e. The lowest BCUT2D eigenvalue weighted by Crippen LogP contribution is -2.51. The zero-order valence-corrected chi connectivity index (χ0v) is 12.9. The predicted octanol–water partition coefficient (Wildman–Crippen LogP) is 0.408. The van der Waals surface area contributed by atoms with E-state index in [1.54, 1.807) is 0 Å². The van der Waals surface area contributed by atoms with E-state index in [9.17, 15) is 18.0 Å². The Morgan fingerprint density at radius 1 is 1.41 bits per heavy atom. The monoisotopic (exact) mass is 330 g/mol. The van der Waals surface area contributed by atoms with Crippen molar-refractivity contribution in [3.63, 3.8) is 0 Å². The number of carbonyl (C=O) groups excluding carboxylic acids is 1. The molecule has 1 fully saturated rings. The Hall–Kier alpha value is -1.87. The van der Waals surface area contributed by atoms with Gasteiger partial charge in [-0.05, 0) is 25.0 Å². The second kappa shape index (κ2) is 6.49. The predicted molar refractivity (Wildman–Crippen MR) is 76.7 cm³/mol. The van der Waals surface area contributed by atoms with E-state index in [0.717, 1.165) is 19.1 Å². The highest BCUT2D eigenvalue weighted by molar-refractivity contribution is 7.88. The van der Waals surface area contributed by atoms with Crippen LogP contribution in [0.5, 0.6) is 0 Å². The molecule has 0 aliphatic carbocycles. The summed E-state index contributed by atoms with van der Waals surface area (Å²) in [5, 5.41) is 11.3. The number of nitrogens with one attached hydrogen (secondary N) is 1. The van der Waals surface area contributed by atoms with E-state index in [0.29, 0.717) is 18.7 Å². The van der Waals surface area contributed by atoms with Crippen LogP contribution in [0.1, 0.15) is 35.6 Å². The summed E-state index contributed by atoms with van der Waals surface area (Å²) in [5.41, 5.74) is 0. The largest absolute Gasteiger partial charge is 0.475 e. The molecule has 1 aliphatic rings. The Kier molecular flexibility index (Phi) is 4.87. The summed E-state index contributed by atoms with van der Waals surface area (Å²) in [5.74, 6) is -1.50. The van der Waals surface area contributed by atoms with E-state index in [-0.39, 0.29) is 12.3 Å². The van der Waals surface area contributed by atoms with E-state index in [2.05, 4.69) is 5.32 Å². The van der Waals surface area contributed by atoms with Gasteiger partial charge in [-0.25, -0.2) is 13.2 Å². The van der Waals surface area contributed by atoms with Crippen LogP contribution in [-0.4, -0.2) is 48.5 Å². The van der Waals surface area contributed by atoms with Crippen molar-refractivity contribution in [1.29, 1.82) is 0 Å². The molecule has 122 valence electrons. The second-order valence-electron chi connectivity index (χ2n) is 5.17. The van der Waals surface area contributed by atoms with Crippen LogP contribution in [0.15, 0.2) is 16.5 Å². The molecule has 0 aromatic carbocycles. The maximum Gasteiger partial charge on any atom is 0.371 e. The molecule has 0 bridgehead atoms. The molecule has 0 unspecified atom stereocenters. The standard InChI is InChI=1S/C13H18N2O6S/c1-22(19,20)15-7-3-2-4-10(15)12(16)14-8-9-5-6-11(21-9)13(17)18/h5-6,10H,2-4,7-8H2,1H3,(H,14,16)(H,17,18)/t10-/m1/s1. The molecule has 2 N–H and O–H groups in total. The summed E-state index contributed by atoms with van der Waals surface area (Å²) in [6.45, 7) is 0.348. The molecular weight excluding hydrogens is 312 g/mol. The number of piperidine rings is 1. The van der Waals surface area contributed by atoms with E-state index in [4.69, 9.17) is 9.52 Å². The van der Waals surface area contributed by atoms with Gasteiger partial charge in [0, 0.05) is 6.54 Å². The van der Waals surface area contributed by atoms with Gasteiger partial charge >= 0.3 is 5.97 Å². The van der Waals surface area contributed by atoms with Gasteiger partial charge in [0.25, 0.3) is 0 Å². The first-order valence-electron chi connectivity index (χ1n) is 6.85. The molecule has 0 spiro atoms. The fourth-order valence-electron chi connectivity index (χ4n) is 2.44. The highest BCUT2D eigenvalue weighted by Gasteiger charge is 2.34. The summed E-state index contributed by atoms with van der Waals surface area (Å²) in [4.78, 5) is 22.9. The Bertz CT molecular complexity index is 666. The van der Waals surface area contributed by atoms with Crippen LogP contribution >= 0.6 is 0 Å². The van der Waals surface area contributed by atoms with Gasteiger partial charge in [0.2, 0.25) is 21.7 Å². The van der Waals surface area contributed by atoms with Crippen molar-refractivity contribution in [2.45, 2.75) is 31.8 Å². The molecule has 1 atom stereocenters. The van der Waals surface area contributed by atoms with E-state index in [1.165, 1.54) is 16.4 Å². The van der Waals surface area contributed by atoms with E-state index >= 15 is 0 Å². The van der Waals surface area contributed by atoms with Crippen LogP contribution in [-0.2, 0) is 21.4 Å². The topological polar surface area (TPSA) is 117 Å². The average molecular weight is 330 g/mol. The summed E-state index contributed by atoms with van der Waals surface area (Å²) in [6, 6.07) is 2.03. The first kappa shape index (κ1) is 16.5. The fraction of sp³-hybridized carbons (Fsp3) is 0.538. The maximum absolute atomic E-state index is 12.2. The van der Waals surface area contributed by atoms with Gasteiger partial charge in [-0.3, -0.25) is 4.79 Å². The minimum absolute atomic E-state index is 0.0141. The third kappa shape index (κ3) is 3.86. The minimum atomic E-state index is -3.44. The molecule has 8 nitrogen and oxygen atoms in total. The molecule has 1 saturated heterocycles. The van der Waals surface area contributed by atoms with Crippen molar-refractivity contribution in [3.05, 3.63) is 23.7 Å². The third-order valence-corrected chi connectivity index (χ3v) is 4.78. The number of aromatic carboxylic acids is 1. The van der Waals surface area contributed by atoms with Gasteiger partial charge < -0.3 is 14.8 Å². The highest BCUT2D eigenvalue weighted by atomic mass is 32.2. The number of hydrogen-bond donors (Lipinski definition) is 2. The Morgan fingerprint density at radius 2 is 2.14 bits per heavy atom. The van der Waals surface area contributed by atoms with Crippen molar-refractivity contribution in [1.82, 2.24) is 9.62 Å². The Labute approximate surface area is 128 Å². The van der Waals surface area contributed by atoms with Gasteiger partial charge in [0.05, 0.1) is 12.8 Å². The molecule has 2 heterocycles. The SMILES string of the molecule is CS(=O)(=O)N1CCCC[C@@H]1C(=O)NCc1ccc(C(=O)O)o1. The quantitative estimate of drug-likeness (QED) is 0.807. The number of hydrogen-bond acceptors (Lipinski definition) is 5. The van der Waals surface area contributed by atoms with Gasteiger partial charge in [0.15, 0.2) is 0 Å². The van der Waals surface area contributed by atoms with Crippen molar-refractivity contribution in [2.75, 3.05) is 12.8 Å². The van der Waals surface area contributed by atoms with Crippen LogP contribution in [0.2, 0.25) is 0 Å². The molecule has 1 aromatic rings. The molecule has 2 rings (SSSR count). The van der Waals surface area contributed by atoms with Gasteiger partial charge in [-0.1, -0.05) is 6.42 Å². The molecular formula is C13H18N2O6S. The number of amides is 1. The normalized spacial score (nSPS) is 19.8. The van der Waals surface area contributed by atoms with Gasteiger partial charge in [-0.15, -0.1) is 0 Å². The number of carboxylic acid groups (broad SMARTS) is 1. The minimum Gasteiger partial charge on any atom is -0.475 e. The molecule has 1 aromatic heterocycles. The van der Waals surface area contributed by atoms with Crippen LogP contribution in [0.25, 0.3) is 0 Å². The average Bonchev–Trinajstić information content (AvgIpc) is 2.93. The number of carboxylic acids is 1. The first-order chi connectivity index (χ1) is 10.3. The summed E-state index contributed by atoms with van der Waals surface area (Å²) >= 11 is 0. The molecule has 22 heavy (non-hydrogen) atoms. The van der Waals surface area contributed by atoms with Crippen LogP contribution < -0.4 is 5.32 Å². The van der Waals surface area contributed by atoms with Gasteiger partial charge in [0.1, 0.15) is 11.8 Å². The number of carbonyl (C=O) groups is 2. The second-order valence-corrected chi connectivity index (χ2v) is 7.11. The summed E-state index contributed by atoms with van der Waals surface area (Å²) in [6.07, 6.45) is 3.08. The van der Waals surface area contributed by atoms with Crippen LogP contribution in [0.4, 0.5) is 0 Å². The third-order valence-electron chi connectivity index (χ3n) is 3.49. The first-order valence-corrected chi connectivity index (χ1v) is 8.70. The zero-order chi connectivity index (χ0) is 16.3.